The molecule has 0 radical (unpaired) electrons. The van der Waals surface area contributed by atoms with Crippen LogP contribution in [0.2, 0.25) is 5.02 Å². The van der Waals surface area contributed by atoms with E-state index in [0.717, 1.165) is 6.07 Å². The number of ketones is 1. The standard InChI is InChI=1S/C21H15ClN2O5/c1-29-19-10-7-14(11-18(19)24(27)28)21(26)23-17-9-8-15(22)12-16(17)20(25)13-5-3-2-4-6-13/h2-12H,1H3,(H,23,26). The second-order valence-corrected chi connectivity index (χ2v) is 6.42. The monoisotopic (exact) mass is 410 g/mol. The predicted octanol–water partition coefficient (Wildman–Crippen LogP) is 4.74. The second kappa shape index (κ2) is 8.53. The van der Waals surface area contributed by atoms with Gasteiger partial charge >= 0.3 is 5.69 Å². The van der Waals surface area contributed by atoms with Crippen LogP contribution in [0, 0.1) is 10.1 Å². The summed E-state index contributed by atoms with van der Waals surface area (Å²) in [5.74, 6) is -0.887. The number of ether oxygens (including phenoxy) is 1. The molecule has 0 aromatic heterocycles. The van der Waals surface area contributed by atoms with E-state index in [2.05, 4.69) is 5.32 Å². The highest BCUT2D eigenvalue weighted by Gasteiger charge is 2.20. The van der Waals surface area contributed by atoms with Gasteiger partial charge in [-0.25, -0.2) is 0 Å². The van der Waals surface area contributed by atoms with E-state index >= 15 is 0 Å². The number of carbonyl (C=O) groups is 2. The maximum absolute atomic E-state index is 12.8. The van der Waals surface area contributed by atoms with Crippen molar-refractivity contribution < 1.29 is 19.2 Å². The summed E-state index contributed by atoms with van der Waals surface area (Å²) in [5.41, 5.74) is 0.597. The van der Waals surface area contributed by atoms with Crippen molar-refractivity contribution in [1.29, 1.82) is 0 Å². The summed E-state index contributed by atoms with van der Waals surface area (Å²) in [5, 5.41) is 14.1. The fourth-order valence-corrected chi connectivity index (χ4v) is 2.90. The molecule has 0 aliphatic heterocycles. The van der Waals surface area contributed by atoms with Gasteiger partial charge in [-0.05, 0) is 30.3 Å². The summed E-state index contributed by atoms with van der Waals surface area (Å²) in [6.07, 6.45) is 0. The first-order chi connectivity index (χ1) is 13.9. The lowest BCUT2D eigenvalue weighted by Crippen LogP contribution is -2.15. The molecule has 0 saturated carbocycles. The minimum atomic E-state index is -0.637. The zero-order valence-electron chi connectivity index (χ0n) is 15.2. The molecule has 0 heterocycles. The first-order valence-electron chi connectivity index (χ1n) is 8.44. The van der Waals surface area contributed by atoms with Gasteiger partial charge in [-0.1, -0.05) is 41.9 Å². The fraction of sp³-hybridized carbons (Fsp3) is 0.0476. The molecule has 1 amide bonds. The van der Waals surface area contributed by atoms with Crippen LogP contribution < -0.4 is 10.1 Å². The lowest BCUT2D eigenvalue weighted by molar-refractivity contribution is -0.385. The van der Waals surface area contributed by atoms with Gasteiger partial charge < -0.3 is 10.1 Å². The zero-order chi connectivity index (χ0) is 21.0. The molecule has 0 fully saturated rings. The molecule has 146 valence electrons. The highest BCUT2D eigenvalue weighted by Crippen LogP contribution is 2.29. The summed E-state index contributed by atoms with van der Waals surface area (Å²) in [4.78, 5) is 36.1. The molecule has 7 nitrogen and oxygen atoms in total. The Labute approximate surface area is 171 Å². The molecule has 0 aliphatic carbocycles. The zero-order valence-corrected chi connectivity index (χ0v) is 16.0. The third kappa shape index (κ3) is 4.41. The number of nitrogens with one attached hydrogen (secondary N) is 1. The van der Waals surface area contributed by atoms with Crippen molar-refractivity contribution in [3.63, 3.8) is 0 Å². The second-order valence-electron chi connectivity index (χ2n) is 5.98. The Morgan fingerprint density at radius 3 is 2.38 bits per heavy atom. The lowest BCUT2D eigenvalue weighted by atomic mass is 10.0. The van der Waals surface area contributed by atoms with Gasteiger partial charge in [0.05, 0.1) is 17.7 Å². The maximum atomic E-state index is 12.8. The third-order valence-electron chi connectivity index (χ3n) is 4.15. The van der Waals surface area contributed by atoms with E-state index in [0.29, 0.717) is 10.6 Å². The quantitative estimate of drug-likeness (QED) is 0.359. The van der Waals surface area contributed by atoms with Crippen LogP contribution in [0.15, 0.2) is 66.7 Å². The van der Waals surface area contributed by atoms with Crippen LogP contribution in [0.4, 0.5) is 11.4 Å². The number of halogens is 1. The van der Waals surface area contributed by atoms with Crippen LogP contribution in [-0.2, 0) is 0 Å². The van der Waals surface area contributed by atoms with Crippen LogP contribution in [0.5, 0.6) is 5.75 Å². The van der Waals surface area contributed by atoms with E-state index in [1.165, 1.54) is 37.4 Å². The first-order valence-corrected chi connectivity index (χ1v) is 8.81. The Morgan fingerprint density at radius 2 is 1.72 bits per heavy atom. The molecule has 3 aromatic rings. The number of carbonyl (C=O) groups excluding carboxylic acids is 2. The van der Waals surface area contributed by atoms with Gasteiger partial charge in [-0.3, -0.25) is 19.7 Å². The molecule has 0 bridgehead atoms. The number of hydrogen-bond donors (Lipinski definition) is 1. The van der Waals surface area contributed by atoms with E-state index in [-0.39, 0.29) is 34.0 Å². The number of methoxy groups -OCH3 is 1. The smallest absolute Gasteiger partial charge is 0.311 e. The highest BCUT2D eigenvalue weighted by molar-refractivity contribution is 6.31. The first kappa shape index (κ1) is 20.0. The lowest BCUT2D eigenvalue weighted by Gasteiger charge is -2.12. The van der Waals surface area contributed by atoms with Gasteiger partial charge in [0.1, 0.15) is 0 Å². The van der Waals surface area contributed by atoms with Crippen molar-refractivity contribution in [3.05, 3.63) is 98.6 Å². The fourth-order valence-electron chi connectivity index (χ4n) is 2.73. The third-order valence-corrected chi connectivity index (χ3v) is 4.38. The van der Waals surface area contributed by atoms with Gasteiger partial charge in [0.25, 0.3) is 5.91 Å². The van der Waals surface area contributed by atoms with Gasteiger partial charge in [0.2, 0.25) is 0 Å². The average Bonchev–Trinajstić information content (AvgIpc) is 2.74. The van der Waals surface area contributed by atoms with Crippen molar-refractivity contribution in [2.24, 2.45) is 0 Å². The number of rotatable bonds is 6. The molecule has 29 heavy (non-hydrogen) atoms. The molecule has 0 spiro atoms. The van der Waals surface area contributed by atoms with Gasteiger partial charge in [-0.15, -0.1) is 0 Å². The van der Waals surface area contributed by atoms with Gasteiger partial charge in [0, 0.05) is 27.8 Å². The highest BCUT2D eigenvalue weighted by atomic mass is 35.5. The normalized spacial score (nSPS) is 10.3. The number of nitrogens with zero attached hydrogens (tertiary/aromatic N) is 1. The maximum Gasteiger partial charge on any atom is 0.311 e. The molecule has 0 saturated heterocycles. The molecule has 3 aromatic carbocycles. The number of anilines is 1. The number of hydrogen-bond acceptors (Lipinski definition) is 5. The Bertz CT molecular complexity index is 1100. The Hall–Kier alpha value is -3.71. The van der Waals surface area contributed by atoms with E-state index < -0.39 is 10.8 Å². The Balaban J connectivity index is 1.95. The average molecular weight is 411 g/mol. The summed E-state index contributed by atoms with van der Waals surface area (Å²) < 4.78 is 4.94. The van der Waals surface area contributed by atoms with E-state index in [4.69, 9.17) is 16.3 Å². The van der Waals surface area contributed by atoms with E-state index in [9.17, 15) is 19.7 Å². The molecular formula is C21H15ClN2O5. The molecule has 0 atom stereocenters. The summed E-state index contributed by atoms with van der Waals surface area (Å²) in [7, 11) is 1.30. The number of nitro groups is 1. The predicted molar refractivity (Wildman–Crippen MR) is 109 cm³/mol. The van der Waals surface area contributed by atoms with Gasteiger partial charge in [0.15, 0.2) is 11.5 Å². The van der Waals surface area contributed by atoms with Gasteiger partial charge in [-0.2, -0.15) is 0 Å². The van der Waals surface area contributed by atoms with Crippen molar-refractivity contribution in [2.45, 2.75) is 0 Å². The summed E-state index contributed by atoms with van der Waals surface area (Å²) in [6, 6.07) is 16.9. The summed E-state index contributed by atoms with van der Waals surface area (Å²) >= 11 is 6.04. The minimum Gasteiger partial charge on any atom is -0.490 e. The Morgan fingerprint density at radius 1 is 1.00 bits per heavy atom. The van der Waals surface area contributed by atoms with Crippen molar-refractivity contribution in [2.75, 3.05) is 12.4 Å². The largest absolute Gasteiger partial charge is 0.490 e. The van der Waals surface area contributed by atoms with Crippen molar-refractivity contribution >= 4 is 34.7 Å². The van der Waals surface area contributed by atoms with Crippen molar-refractivity contribution in [1.82, 2.24) is 0 Å². The number of nitro benzene ring substituents is 1. The minimum absolute atomic E-state index is 0.0398. The number of benzene rings is 3. The molecular weight excluding hydrogens is 396 g/mol. The van der Waals surface area contributed by atoms with Crippen LogP contribution in [-0.4, -0.2) is 23.7 Å². The SMILES string of the molecule is COc1ccc(C(=O)Nc2ccc(Cl)cc2C(=O)c2ccccc2)cc1[N+](=O)[O-]. The molecule has 0 unspecified atom stereocenters. The van der Waals surface area contributed by atoms with E-state index in [1.807, 2.05) is 0 Å². The number of amides is 1. The van der Waals surface area contributed by atoms with E-state index in [1.54, 1.807) is 30.3 Å². The topological polar surface area (TPSA) is 98.5 Å². The van der Waals surface area contributed by atoms with Crippen LogP contribution >= 0.6 is 11.6 Å². The van der Waals surface area contributed by atoms with Crippen LogP contribution in [0.1, 0.15) is 26.3 Å². The molecule has 0 aliphatic rings. The molecule has 8 heteroatoms. The van der Waals surface area contributed by atoms with Crippen LogP contribution in [0.3, 0.4) is 0 Å². The van der Waals surface area contributed by atoms with Crippen molar-refractivity contribution in [3.8, 4) is 5.75 Å². The molecule has 1 N–H and O–H groups in total. The summed E-state index contributed by atoms with van der Waals surface area (Å²) in [6.45, 7) is 0. The van der Waals surface area contributed by atoms with Crippen LogP contribution in [0.25, 0.3) is 0 Å². The Kier molecular flexibility index (Phi) is 5.90. The molecule has 3 rings (SSSR count).